The summed E-state index contributed by atoms with van der Waals surface area (Å²) in [6.45, 7) is 1.54. The van der Waals surface area contributed by atoms with Crippen LogP contribution in [0.25, 0.3) is 10.8 Å². The molecule has 0 bridgehead atoms. The first-order chi connectivity index (χ1) is 20.1. The van der Waals surface area contributed by atoms with Crippen LogP contribution in [0.15, 0.2) is 66.7 Å². The van der Waals surface area contributed by atoms with Crippen LogP contribution in [0.1, 0.15) is 43.4 Å². The first-order valence-corrected chi connectivity index (χ1v) is 14.1. The van der Waals surface area contributed by atoms with Crippen LogP contribution in [-0.4, -0.2) is 69.7 Å². The highest BCUT2D eigenvalue weighted by atomic mass is 35.5. The Hall–Kier alpha value is -4.44. The number of primary amides is 1. The van der Waals surface area contributed by atoms with E-state index >= 15 is 0 Å². The van der Waals surface area contributed by atoms with Crippen LogP contribution in [0.5, 0.6) is 0 Å². The zero-order chi connectivity index (χ0) is 30.4. The molecule has 220 valence electrons. The number of hydrogen-bond donors (Lipinski definition) is 3. The molecule has 0 unspecified atom stereocenters. The van der Waals surface area contributed by atoms with Gasteiger partial charge in [0.2, 0.25) is 17.7 Å². The highest BCUT2D eigenvalue weighted by Crippen LogP contribution is 2.33. The Morgan fingerprint density at radius 2 is 1.76 bits per heavy atom. The zero-order valence-electron chi connectivity index (χ0n) is 23.2. The fraction of sp³-hybridized carbons (Fsp3) is 0.323. The number of halogens is 1. The summed E-state index contributed by atoms with van der Waals surface area (Å²) in [5, 5.41) is 13.6. The molecule has 1 heterocycles. The molecule has 0 spiro atoms. The van der Waals surface area contributed by atoms with Gasteiger partial charge < -0.3 is 26.0 Å². The summed E-state index contributed by atoms with van der Waals surface area (Å²) in [7, 11) is 0. The molecule has 3 aromatic carbocycles. The van der Waals surface area contributed by atoms with Gasteiger partial charge in [-0.1, -0.05) is 66.2 Å². The predicted octanol–water partition coefficient (Wildman–Crippen LogP) is 3.06. The van der Waals surface area contributed by atoms with E-state index in [9.17, 15) is 24.0 Å². The number of carbonyl (C=O) groups is 5. The molecule has 3 aromatic rings. The quantitative estimate of drug-likeness (QED) is 0.329. The van der Waals surface area contributed by atoms with Crippen molar-refractivity contribution in [1.29, 1.82) is 0 Å². The van der Waals surface area contributed by atoms with Crippen molar-refractivity contribution >= 4 is 52.0 Å². The molecule has 42 heavy (non-hydrogen) atoms. The minimum Gasteiger partial charge on any atom is -0.481 e. The Balaban J connectivity index is 1.68. The van der Waals surface area contributed by atoms with Crippen molar-refractivity contribution in [3.8, 4) is 0 Å². The van der Waals surface area contributed by atoms with Crippen LogP contribution < -0.4 is 11.1 Å². The lowest BCUT2D eigenvalue weighted by molar-refractivity contribution is -0.148. The van der Waals surface area contributed by atoms with Crippen molar-refractivity contribution in [3.63, 3.8) is 0 Å². The van der Waals surface area contributed by atoms with Crippen molar-refractivity contribution in [2.24, 2.45) is 5.73 Å². The maximum atomic E-state index is 14.4. The third kappa shape index (κ3) is 7.06. The SMILES string of the molecule is C[C@@H]1CCN([C@H](Cc2cccc3ccccc23)C(N)=O)C(=O)[C@H](c2cccc(Cl)c2)N1C(=O)CNC(=O)CCC(=O)O. The van der Waals surface area contributed by atoms with Crippen LogP contribution in [0.2, 0.25) is 5.02 Å². The smallest absolute Gasteiger partial charge is 0.303 e. The molecule has 0 aliphatic carbocycles. The third-order valence-corrected chi connectivity index (χ3v) is 7.75. The molecule has 3 atom stereocenters. The number of aliphatic carboxylic acids is 1. The van der Waals surface area contributed by atoms with Gasteiger partial charge in [0.25, 0.3) is 5.91 Å². The Bertz CT molecular complexity index is 1510. The van der Waals surface area contributed by atoms with Crippen LogP contribution in [0, 0.1) is 0 Å². The number of nitrogens with two attached hydrogens (primary N) is 1. The van der Waals surface area contributed by atoms with Crippen molar-refractivity contribution in [3.05, 3.63) is 82.9 Å². The summed E-state index contributed by atoms with van der Waals surface area (Å²) < 4.78 is 0. The Morgan fingerprint density at radius 1 is 1.05 bits per heavy atom. The van der Waals surface area contributed by atoms with Gasteiger partial charge in [-0.05, 0) is 47.4 Å². The van der Waals surface area contributed by atoms with Gasteiger partial charge >= 0.3 is 5.97 Å². The van der Waals surface area contributed by atoms with E-state index in [1.807, 2.05) is 42.5 Å². The number of fused-ring (bicyclic) bond motifs is 1. The second-order valence-electron chi connectivity index (χ2n) is 10.4. The van der Waals surface area contributed by atoms with Gasteiger partial charge in [0.15, 0.2) is 0 Å². The minimum absolute atomic E-state index is 0.171. The molecule has 4 amide bonds. The molecule has 11 heteroatoms. The largest absolute Gasteiger partial charge is 0.481 e. The van der Waals surface area contributed by atoms with Gasteiger partial charge in [0.05, 0.1) is 13.0 Å². The van der Waals surface area contributed by atoms with Crippen molar-refractivity contribution in [1.82, 2.24) is 15.1 Å². The summed E-state index contributed by atoms with van der Waals surface area (Å²) in [5.74, 6) is -3.41. The van der Waals surface area contributed by atoms with Crippen LogP contribution in [0.3, 0.4) is 0 Å². The molecule has 4 N–H and O–H groups in total. The highest BCUT2D eigenvalue weighted by Gasteiger charge is 2.43. The number of carboxylic acids is 1. The van der Waals surface area contributed by atoms with E-state index < -0.39 is 54.3 Å². The second kappa shape index (κ2) is 13.5. The monoisotopic (exact) mass is 592 g/mol. The maximum absolute atomic E-state index is 14.4. The van der Waals surface area contributed by atoms with Gasteiger partial charge in [-0.3, -0.25) is 24.0 Å². The van der Waals surface area contributed by atoms with Gasteiger partial charge in [-0.2, -0.15) is 0 Å². The van der Waals surface area contributed by atoms with Gasteiger partial charge in [-0.25, -0.2) is 0 Å². The molecular formula is C31H33ClN4O6. The molecule has 1 aliphatic rings. The van der Waals surface area contributed by atoms with Crippen molar-refractivity contribution in [2.45, 2.75) is 50.7 Å². The topological polar surface area (TPSA) is 150 Å². The van der Waals surface area contributed by atoms with E-state index in [1.165, 1.54) is 9.80 Å². The number of carboxylic acid groups (broad SMARTS) is 1. The molecule has 0 radical (unpaired) electrons. The summed E-state index contributed by atoms with van der Waals surface area (Å²) in [6, 6.07) is 17.5. The summed E-state index contributed by atoms with van der Waals surface area (Å²) >= 11 is 6.28. The predicted molar refractivity (Wildman–Crippen MR) is 157 cm³/mol. The standard InChI is InChI=1S/C31H33ClN4O6/c1-19-14-15-35(25(30(33)41)17-21-8-4-7-20-6-2-3-11-24(20)21)31(42)29(22-9-5-10-23(32)16-22)36(19)27(38)18-34-26(37)12-13-28(39)40/h2-11,16,19,25,29H,12-15,17-18H2,1H3,(H2,33,41)(H,34,37)(H,39,40)/t19-,25-,29+/m1/s1. The van der Waals surface area contributed by atoms with Gasteiger partial charge in [0.1, 0.15) is 12.1 Å². The number of rotatable bonds is 10. The number of nitrogens with one attached hydrogen (secondary N) is 1. The molecule has 1 aliphatic heterocycles. The van der Waals surface area contributed by atoms with Crippen LogP contribution in [0.4, 0.5) is 0 Å². The fourth-order valence-electron chi connectivity index (χ4n) is 5.40. The normalized spacial score (nSPS) is 17.9. The maximum Gasteiger partial charge on any atom is 0.303 e. The zero-order valence-corrected chi connectivity index (χ0v) is 23.9. The molecule has 1 saturated heterocycles. The van der Waals surface area contributed by atoms with E-state index in [0.29, 0.717) is 17.0 Å². The molecule has 0 aromatic heterocycles. The number of amides is 4. The third-order valence-electron chi connectivity index (χ3n) is 7.51. The van der Waals surface area contributed by atoms with E-state index in [-0.39, 0.29) is 25.8 Å². The molecule has 1 fully saturated rings. The van der Waals surface area contributed by atoms with E-state index in [0.717, 1.165) is 16.3 Å². The minimum atomic E-state index is -1.14. The molecule has 0 saturated carbocycles. The van der Waals surface area contributed by atoms with Crippen LogP contribution >= 0.6 is 11.6 Å². The number of carbonyl (C=O) groups excluding carboxylic acids is 4. The number of hydrogen-bond acceptors (Lipinski definition) is 5. The lowest BCUT2D eigenvalue weighted by Crippen LogP contribution is -2.53. The van der Waals surface area contributed by atoms with Crippen LogP contribution in [-0.2, 0) is 30.4 Å². The Morgan fingerprint density at radius 3 is 2.48 bits per heavy atom. The first-order valence-electron chi connectivity index (χ1n) is 13.7. The van der Waals surface area contributed by atoms with E-state index in [2.05, 4.69) is 5.32 Å². The lowest BCUT2D eigenvalue weighted by atomic mass is 9.96. The lowest BCUT2D eigenvalue weighted by Gasteiger charge is -2.36. The second-order valence-corrected chi connectivity index (χ2v) is 10.8. The van der Waals surface area contributed by atoms with Crippen molar-refractivity contribution in [2.75, 3.05) is 13.1 Å². The highest BCUT2D eigenvalue weighted by molar-refractivity contribution is 6.30. The Labute approximate surface area is 248 Å². The molecular weight excluding hydrogens is 560 g/mol. The fourth-order valence-corrected chi connectivity index (χ4v) is 5.60. The summed E-state index contributed by atoms with van der Waals surface area (Å²) in [4.78, 5) is 66.6. The molecule has 4 rings (SSSR count). The van der Waals surface area contributed by atoms with Gasteiger partial charge in [-0.15, -0.1) is 0 Å². The summed E-state index contributed by atoms with van der Waals surface area (Å²) in [6.07, 6.45) is -0.117. The van der Waals surface area contributed by atoms with Crippen molar-refractivity contribution < 1.29 is 29.1 Å². The first kappa shape index (κ1) is 30.5. The average Bonchev–Trinajstić information content (AvgIpc) is 3.09. The summed E-state index contributed by atoms with van der Waals surface area (Å²) in [5.41, 5.74) is 7.23. The number of benzene rings is 3. The van der Waals surface area contributed by atoms with E-state index in [1.54, 1.807) is 31.2 Å². The Kier molecular flexibility index (Phi) is 9.80. The van der Waals surface area contributed by atoms with E-state index in [4.69, 9.17) is 22.4 Å². The number of nitrogens with zero attached hydrogens (tertiary/aromatic N) is 2. The molecule has 10 nitrogen and oxygen atoms in total. The van der Waals surface area contributed by atoms with Gasteiger partial charge in [0, 0.05) is 30.5 Å². The average molecular weight is 593 g/mol.